The Hall–Kier alpha value is -3.58. The van der Waals surface area contributed by atoms with Gasteiger partial charge in [0.05, 0.1) is 29.5 Å². The number of nitrogens with one attached hydrogen (secondary N) is 2. The number of morpholine rings is 1. The van der Waals surface area contributed by atoms with Gasteiger partial charge in [0, 0.05) is 29.6 Å². The van der Waals surface area contributed by atoms with Crippen LogP contribution in [-0.4, -0.2) is 65.2 Å². The lowest BCUT2D eigenvalue weighted by molar-refractivity contribution is 0.0730. The van der Waals surface area contributed by atoms with Gasteiger partial charge in [-0.25, -0.2) is 13.4 Å². The maximum atomic E-state index is 12.8. The number of amides is 1. The Morgan fingerprint density at radius 1 is 1.08 bits per heavy atom. The zero-order chi connectivity index (χ0) is 26.2. The number of carbonyl (C=O) groups excluding carboxylic acids is 1. The molecule has 1 amide bonds. The van der Waals surface area contributed by atoms with Gasteiger partial charge in [-0.15, -0.1) is 11.3 Å². The summed E-state index contributed by atoms with van der Waals surface area (Å²) in [4.78, 5) is 17.4. The van der Waals surface area contributed by atoms with Crippen molar-refractivity contribution in [3.8, 4) is 28.3 Å². The van der Waals surface area contributed by atoms with Gasteiger partial charge in [0.15, 0.2) is 5.13 Å². The Morgan fingerprint density at radius 2 is 1.78 bits per heavy atom. The Labute approximate surface area is 218 Å². The molecule has 0 atom stereocenters. The van der Waals surface area contributed by atoms with Crippen molar-refractivity contribution in [2.45, 2.75) is 18.7 Å². The normalized spacial score (nSPS) is 14.5. The van der Waals surface area contributed by atoms with Crippen molar-refractivity contribution in [2.24, 2.45) is 0 Å². The summed E-state index contributed by atoms with van der Waals surface area (Å²) in [6.07, 6.45) is 0. The van der Waals surface area contributed by atoms with Crippen LogP contribution in [0, 0.1) is 13.8 Å². The van der Waals surface area contributed by atoms with E-state index < -0.39 is 15.9 Å². The molecule has 1 aliphatic heterocycles. The summed E-state index contributed by atoms with van der Waals surface area (Å²) in [5.41, 5.74) is 4.52. The summed E-state index contributed by atoms with van der Waals surface area (Å²) in [5, 5.41) is 22.1. The number of aromatic nitrogens is 3. The fraction of sp³-hybridized carbons (Fsp3) is 0.240. The van der Waals surface area contributed by atoms with Gasteiger partial charge in [-0.3, -0.25) is 15.2 Å². The second-order valence-corrected chi connectivity index (χ2v) is 11.4. The van der Waals surface area contributed by atoms with Gasteiger partial charge >= 0.3 is 0 Å². The Kier molecular flexibility index (Phi) is 6.82. The molecule has 2 aromatic heterocycles. The Morgan fingerprint density at radius 3 is 2.51 bits per heavy atom. The molecule has 3 heterocycles. The summed E-state index contributed by atoms with van der Waals surface area (Å²) in [6.45, 7) is 5.30. The maximum Gasteiger partial charge on any atom is 0.275 e. The third-order valence-corrected chi connectivity index (χ3v) is 8.86. The van der Waals surface area contributed by atoms with E-state index in [0.717, 1.165) is 16.7 Å². The predicted molar refractivity (Wildman–Crippen MR) is 140 cm³/mol. The van der Waals surface area contributed by atoms with Crippen LogP contribution in [0.5, 0.6) is 5.75 Å². The number of H-pyrrole nitrogens is 1. The monoisotopic (exact) mass is 539 g/mol. The molecular weight excluding hydrogens is 514 g/mol. The summed E-state index contributed by atoms with van der Waals surface area (Å²) < 4.78 is 32.3. The molecule has 1 fully saturated rings. The van der Waals surface area contributed by atoms with Crippen LogP contribution >= 0.6 is 11.3 Å². The van der Waals surface area contributed by atoms with Gasteiger partial charge in [-0.1, -0.05) is 12.1 Å². The number of nitrogens with zero attached hydrogens (tertiary/aromatic N) is 3. The quantitative estimate of drug-likeness (QED) is 0.339. The van der Waals surface area contributed by atoms with Crippen LogP contribution in [-0.2, 0) is 14.8 Å². The number of anilines is 1. The van der Waals surface area contributed by atoms with Crippen molar-refractivity contribution in [1.82, 2.24) is 19.5 Å². The summed E-state index contributed by atoms with van der Waals surface area (Å²) in [6, 6.07) is 11.6. The van der Waals surface area contributed by atoms with Gasteiger partial charge in [0.25, 0.3) is 5.91 Å². The standard InChI is InChI=1S/C25H25N5O5S2/c1-15-11-19(23(31)12-16(15)2)20-13-21(29-28-20)24(32)27-25-26-22(14-36-25)17-3-5-18(6-4-17)37(33,34)30-7-9-35-10-8-30/h3-6,11-14,31H,7-10H2,1-2H3,(H,28,29)(H,26,27,32). The fourth-order valence-corrected chi connectivity index (χ4v) is 6.07. The van der Waals surface area contributed by atoms with Gasteiger partial charge in [0.2, 0.25) is 10.0 Å². The number of hydrogen-bond donors (Lipinski definition) is 3. The number of thiazole rings is 1. The largest absolute Gasteiger partial charge is 0.507 e. The minimum atomic E-state index is -3.57. The van der Waals surface area contributed by atoms with E-state index in [1.165, 1.54) is 15.6 Å². The molecule has 1 saturated heterocycles. The topological polar surface area (TPSA) is 138 Å². The van der Waals surface area contributed by atoms with E-state index in [1.807, 2.05) is 19.9 Å². The number of hydrogen-bond acceptors (Lipinski definition) is 8. The maximum absolute atomic E-state index is 12.8. The molecule has 0 aliphatic carbocycles. The number of carbonyl (C=O) groups is 1. The molecule has 37 heavy (non-hydrogen) atoms. The van der Waals surface area contributed by atoms with Crippen molar-refractivity contribution < 1.29 is 23.1 Å². The second kappa shape index (κ2) is 10.1. The number of benzene rings is 2. The zero-order valence-corrected chi connectivity index (χ0v) is 21.8. The summed E-state index contributed by atoms with van der Waals surface area (Å²) in [5.74, 6) is -0.329. The van der Waals surface area contributed by atoms with E-state index in [9.17, 15) is 18.3 Å². The Bertz CT molecular complexity index is 1550. The predicted octanol–water partition coefficient (Wildman–Crippen LogP) is 3.80. The van der Waals surface area contributed by atoms with Crippen molar-refractivity contribution in [1.29, 1.82) is 0 Å². The summed E-state index contributed by atoms with van der Waals surface area (Å²) >= 11 is 1.25. The Balaban J connectivity index is 1.28. The lowest BCUT2D eigenvalue weighted by Crippen LogP contribution is -2.40. The van der Waals surface area contributed by atoms with E-state index >= 15 is 0 Å². The molecule has 1 aliphatic rings. The van der Waals surface area contributed by atoms with E-state index in [-0.39, 0.29) is 16.3 Å². The van der Waals surface area contributed by atoms with Gasteiger partial charge in [0.1, 0.15) is 11.4 Å². The van der Waals surface area contributed by atoms with Crippen LogP contribution in [0.2, 0.25) is 0 Å². The molecule has 12 heteroatoms. The number of aryl methyl sites for hydroxylation is 2. The minimum Gasteiger partial charge on any atom is -0.507 e. The molecule has 0 spiro atoms. The molecule has 0 radical (unpaired) electrons. The molecule has 10 nitrogen and oxygen atoms in total. The number of aromatic hydroxyl groups is 1. The van der Waals surface area contributed by atoms with Gasteiger partial charge in [-0.2, -0.15) is 9.40 Å². The first-order valence-electron chi connectivity index (χ1n) is 11.5. The molecule has 0 bridgehead atoms. The van der Waals surface area contributed by atoms with Crippen LogP contribution in [0.15, 0.2) is 52.7 Å². The van der Waals surface area contributed by atoms with Gasteiger partial charge in [-0.05, 0) is 55.3 Å². The summed E-state index contributed by atoms with van der Waals surface area (Å²) in [7, 11) is -3.57. The minimum absolute atomic E-state index is 0.0925. The molecule has 0 saturated carbocycles. The van der Waals surface area contributed by atoms with Crippen molar-refractivity contribution in [3.05, 3.63) is 64.7 Å². The first-order chi connectivity index (χ1) is 17.7. The number of sulfonamides is 1. The van der Waals surface area contributed by atoms with Crippen molar-refractivity contribution in [2.75, 3.05) is 31.6 Å². The number of phenolic OH excluding ortho intramolecular Hbond substituents is 1. The second-order valence-electron chi connectivity index (χ2n) is 8.65. The molecule has 5 rings (SSSR count). The number of rotatable bonds is 6. The fourth-order valence-electron chi connectivity index (χ4n) is 3.94. The highest BCUT2D eigenvalue weighted by atomic mass is 32.2. The highest BCUT2D eigenvalue weighted by Gasteiger charge is 2.26. The van der Waals surface area contributed by atoms with Crippen LogP contribution in [0.4, 0.5) is 5.13 Å². The van der Waals surface area contributed by atoms with Crippen LogP contribution in [0.1, 0.15) is 21.6 Å². The number of aromatic amines is 1. The average molecular weight is 540 g/mol. The van der Waals surface area contributed by atoms with E-state index in [0.29, 0.717) is 48.4 Å². The van der Waals surface area contributed by atoms with Crippen LogP contribution in [0.3, 0.4) is 0 Å². The van der Waals surface area contributed by atoms with Crippen molar-refractivity contribution in [3.63, 3.8) is 0 Å². The van der Waals surface area contributed by atoms with E-state index in [2.05, 4.69) is 20.5 Å². The smallest absolute Gasteiger partial charge is 0.275 e. The van der Waals surface area contributed by atoms with Gasteiger partial charge < -0.3 is 9.84 Å². The lowest BCUT2D eigenvalue weighted by atomic mass is 10.0. The highest BCUT2D eigenvalue weighted by molar-refractivity contribution is 7.89. The van der Waals surface area contributed by atoms with E-state index in [1.54, 1.807) is 41.8 Å². The average Bonchev–Trinajstić information content (AvgIpc) is 3.57. The number of phenols is 1. The molecule has 2 aromatic carbocycles. The van der Waals surface area contributed by atoms with E-state index in [4.69, 9.17) is 4.74 Å². The first kappa shape index (κ1) is 25.1. The first-order valence-corrected chi connectivity index (χ1v) is 13.9. The van der Waals surface area contributed by atoms with Crippen LogP contribution in [0.25, 0.3) is 22.5 Å². The molecule has 0 unspecified atom stereocenters. The van der Waals surface area contributed by atoms with Crippen molar-refractivity contribution >= 4 is 32.4 Å². The molecular formula is C25H25N5O5S2. The number of ether oxygens (including phenoxy) is 1. The third kappa shape index (κ3) is 5.14. The molecule has 192 valence electrons. The molecule has 3 N–H and O–H groups in total. The highest BCUT2D eigenvalue weighted by Crippen LogP contribution is 2.31. The zero-order valence-electron chi connectivity index (χ0n) is 20.2. The van der Waals surface area contributed by atoms with Crippen LogP contribution < -0.4 is 5.32 Å². The lowest BCUT2D eigenvalue weighted by Gasteiger charge is -2.26. The molecule has 4 aromatic rings. The SMILES string of the molecule is Cc1cc(O)c(-c2cc(C(=O)Nc3nc(-c4ccc(S(=O)(=O)N5CCOCC5)cc4)cs3)[nH]n2)cc1C. The third-order valence-electron chi connectivity index (χ3n) is 6.19.